The van der Waals surface area contributed by atoms with Gasteiger partial charge in [-0.05, 0) is 75.1 Å². The molecular formula is C26H34N8O. The summed E-state index contributed by atoms with van der Waals surface area (Å²) in [5.41, 5.74) is 12.4. The van der Waals surface area contributed by atoms with Crippen LogP contribution in [0.2, 0.25) is 0 Å². The van der Waals surface area contributed by atoms with E-state index in [1.807, 2.05) is 0 Å². The zero-order valence-corrected chi connectivity index (χ0v) is 20.6. The zero-order valence-electron chi connectivity index (χ0n) is 20.6. The van der Waals surface area contributed by atoms with E-state index in [1.54, 1.807) is 18.6 Å². The fraction of sp³-hybridized carbons (Fsp3) is 0.462. The standard InChI is InChI=1S/C26H34N8O/c1-18-12-19(13-20-16-32(2)10-6-22(18)20)23-15-29-24(27)25(31-23)34-17-21(14-30-34)26(35)28-7-11-33-8-4-3-5-9-33/h12-15,17H,3-11,16H2,1-2H3,(H2,27,29)(H,28,35). The van der Waals surface area contributed by atoms with E-state index in [0.717, 1.165) is 50.4 Å². The maximum absolute atomic E-state index is 12.7. The van der Waals surface area contributed by atoms with Crippen LogP contribution >= 0.6 is 0 Å². The predicted molar refractivity (Wildman–Crippen MR) is 136 cm³/mol. The highest BCUT2D eigenvalue weighted by Gasteiger charge is 2.19. The van der Waals surface area contributed by atoms with Gasteiger partial charge in [0.15, 0.2) is 11.6 Å². The van der Waals surface area contributed by atoms with Crippen LogP contribution in [-0.4, -0.2) is 75.2 Å². The summed E-state index contributed by atoms with van der Waals surface area (Å²) >= 11 is 0. The van der Waals surface area contributed by atoms with Crippen LogP contribution in [0.1, 0.15) is 46.3 Å². The molecule has 1 fully saturated rings. The summed E-state index contributed by atoms with van der Waals surface area (Å²) < 4.78 is 1.53. The van der Waals surface area contributed by atoms with Crippen molar-refractivity contribution in [3.8, 4) is 17.1 Å². The van der Waals surface area contributed by atoms with Crippen molar-refractivity contribution in [2.24, 2.45) is 0 Å². The molecule has 2 aromatic heterocycles. The van der Waals surface area contributed by atoms with Gasteiger partial charge in [0.1, 0.15) is 0 Å². The SMILES string of the molecule is Cc1cc(-c2cnc(N)c(-n3cc(C(=O)NCCN4CCCCC4)cn3)n2)cc2c1CCN(C)C2. The van der Waals surface area contributed by atoms with Gasteiger partial charge < -0.3 is 20.9 Å². The van der Waals surface area contributed by atoms with Crippen LogP contribution in [0.15, 0.2) is 30.7 Å². The molecule has 4 heterocycles. The molecule has 1 aromatic carbocycles. The Labute approximate surface area is 206 Å². The van der Waals surface area contributed by atoms with E-state index in [4.69, 9.17) is 10.7 Å². The number of nitrogens with zero attached hydrogens (tertiary/aromatic N) is 6. The van der Waals surface area contributed by atoms with Crippen LogP contribution in [0.25, 0.3) is 17.1 Å². The number of piperidine rings is 1. The first kappa shape index (κ1) is 23.4. The highest BCUT2D eigenvalue weighted by molar-refractivity contribution is 5.93. The molecule has 3 aromatic rings. The number of carbonyl (C=O) groups excluding carboxylic acids is 1. The molecule has 0 radical (unpaired) electrons. The summed E-state index contributed by atoms with van der Waals surface area (Å²) in [4.78, 5) is 26.5. The maximum Gasteiger partial charge on any atom is 0.254 e. The summed E-state index contributed by atoms with van der Waals surface area (Å²) in [5.74, 6) is 0.538. The highest BCUT2D eigenvalue weighted by atomic mass is 16.1. The van der Waals surface area contributed by atoms with Gasteiger partial charge in [0.05, 0.1) is 23.7 Å². The van der Waals surface area contributed by atoms with E-state index in [1.165, 1.54) is 40.6 Å². The van der Waals surface area contributed by atoms with Gasteiger partial charge in [-0.15, -0.1) is 0 Å². The first-order chi connectivity index (χ1) is 17.0. The number of nitrogen functional groups attached to an aromatic ring is 1. The fourth-order valence-corrected chi connectivity index (χ4v) is 5.07. The Bertz CT molecular complexity index is 1210. The van der Waals surface area contributed by atoms with Crippen molar-refractivity contribution in [1.82, 2.24) is 34.9 Å². The number of anilines is 1. The largest absolute Gasteiger partial charge is 0.381 e. The topological polar surface area (TPSA) is 105 Å². The van der Waals surface area contributed by atoms with Gasteiger partial charge in [0.2, 0.25) is 0 Å². The summed E-state index contributed by atoms with van der Waals surface area (Å²) in [5, 5.41) is 7.35. The Morgan fingerprint density at radius 3 is 2.80 bits per heavy atom. The molecule has 2 aliphatic heterocycles. The quantitative estimate of drug-likeness (QED) is 0.565. The number of benzene rings is 1. The van der Waals surface area contributed by atoms with Crippen molar-refractivity contribution in [3.05, 3.63) is 53.0 Å². The number of aromatic nitrogens is 4. The number of likely N-dealkylation sites (tertiary alicyclic amines) is 1. The summed E-state index contributed by atoms with van der Waals surface area (Å²) in [6, 6.07) is 4.37. The lowest BCUT2D eigenvalue weighted by molar-refractivity contribution is 0.0946. The molecule has 3 N–H and O–H groups in total. The maximum atomic E-state index is 12.7. The third-order valence-electron chi connectivity index (χ3n) is 7.05. The van der Waals surface area contributed by atoms with Crippen molar-refractivity contribution in [3.63, 3.8) is 0 Å². The fourth-order valence-electron chi connectivity index (χ4n) is 5.07. The number of carbonyl (C=O) groups is 1. The van der Waals surface area contributed by atoms with E-state index < -0.39 is 0 Å². The van der Waals surface area contributed by atoms with Crippen LogP contribution < -0.4 is 11.1 Å². The van der Waals surface area contributed by atoms with Gasteiger partial charge in [0, 0.05) is 37.9 Å². The summed E-state index contributed by atoms with van der Waals surface area (Å²) in [6.07, 6.45) is 9.75. The molecule has 0 spiro atoms. The lowest BCUT2D eigenvalue weighted by atomic mass is 9.92. The molecular weight excluding hydrogens is 440 g/mol. The lowest BCUT2D eigenvalue weighted by Crippen LogP contribution is -2.37. The second-order valence-electron chi connectivity index (χ2n) is 9.71. The number of hydrogen-bond acceptors (Lipinski definition) is 7. The van der Waals surface area contributed by atoms with Gasteiger partial charge in [-0.25, -0.2) is 14.6 Å². The summed E-state index contributed by atoms with van der Waals surface area (Å²) in [6.45, 7) is 7.87. The normalized spacial score (nSPS) is 16.7. The second-order valence-corrected chi connectivity index (χ2v) is 9.71. The van der Waals surface area contributed by atoms with Crippen molar-refractivity contribution < 1.29 is 4.79 Å². The number of rotatable bonds is 6. The van der Waals surface area contributed by atoms with Crippen molar-refractivity contribution in [1.29, 1.82) is 0 Å². The van der Waals surface area contributed by atoms with Crippen LogP contribution in [0.5, 0.6) is 0 Å². The Morgan fingerprint density at radius 2 is 1.97 bits per heavy atom. The van der Waals surface area contributed by atoms with E-state index in [0.29, 0.717) is 17.9 Å². The number of hydrogen-bond donors (Lipinski definition) is 2. The average molecular weight is 475 g/mol. The van der Waals surface area contributed by atoms with Crippen LogP contribution in [0.4, 0.5) is 5.82 Å². The summed E-state index contributed by atoms with van der Waals surface area (Å²) in [7, 11) is 2.14. The third kappa shape index (κ3) is 5.21. The molecule has 9 nitrogen and oxygen atoms in total. The number of nitrogens with two attached hydrogens (primary N) is 1. The number of fused-ring (bicyclic) bond motifs is 1. The van der Waals surface area contributed by atoms with E-state index in [9.17, 15) is 4.79 Å². The molecule has 1 saturated heterocycles. The van der Waals surface area contributed by atoms with E-state index >= 15 is 0 Å². The lowest BCUT2D eigenvalue weighted by Gasteiger charge is -2.27. The molecule has 2 aliphatic rings. The molecule has 0 atom stereocenters. The van der Waals surface area contributed by atoms with E-state index in [-0.39, 0.29) is 11.7 Å². The van der Waals surface area contributed by atoms with E-state index in [2.05, 4.69) is 51.3 Å². The van der Waals surface area contributed by atoms with Crippen molar-refractivity contribution >= 4 is 11.7 Å². The smallest absolute Gasteiger partial charge is 0.254 e. The number of nitrogens with one attached hydrogen (secondary N) is 1. The molecule has 184 valence electrons. The van der Waals surface area contributed by atoms with Crippen LogP contribution in [-0.2, 0) is 13.0 Å². The van der Waals surface area contributed by atoms with Gasteiger partial charge in [-0.3, -0.25) is 4.79 Å². The predicted octanol–water partition coefficient (Wildman–Crippen LogP) is 2.42. The molecule has 0 bridgehead atoms. The molecule has 5 rings (SSSR count). The third-order valence-corrected chi connectivity index (χ3v) is 7.05. The molecule has 0 unspecified atom stereocenters. The first-order valence-corrected chi connectivity index (χ1v) is 12.5. The molecule has 0 saturated carbocycles. The minimum Gasteiger partial charge on any atom is -0.381 e. The Hall–Kier alpha value is -3.30. The molecule has 0 aliphatic carbocycles. The van der Waals surface area contributed by atoms with Crippen molar-refractivity contribution in [2.45, 2.75) is 39.2 Å². The Balaban J connectivity index is 1.32. The van der Waals surface area contributed by atoms with Crippen LogP contribution in [0, 0.1) is 6.92 Å². The molecule has 35 heavy (non-hydrogen) atoms. The first-order valence-electron chi connectivity index (χ1n) is 12.5. The van der Waals surface area contributed by atoms with Gasteiger partial charge >= 0.3 is 0 Å². The van der Waals surface area contributed by atoms with Gasteiger partial charge in [0.25, 0.3) is 5.91 Å². The molecule has 1 amide bonds. The van der Waals surface area contributed by atoms with Gasteiger partial charge in [-0.2, -0.15) is 5.10 Å². The Kier molecular flexibility index (Phi) is 6.79. The molecule has 9 heteroatoms. The highest BCUT2D eigenvalue weighted by Crippen LogP contribution is 2.29. The Morgan fingerprint density at radius 1 is 1.14 bits per heavy atom. The second kappa shape index (κ2) is 10.1. The average Bonchev–Trinajstić information content (AvgIpc) is 3.35. The number of likely N-dealkylation sites (N-methyl/N-ethyl adjacent to an activating group) is 1. The zero-order chi connectivity index (χ0) is 24.4. The minimum atomic E-state index is -0.148. The van der Waals surface area contributed by atoms with Crippen LogP contribution in [0.3, 0.4) is 0 Å². The monoisotopic (exact) mass is 474 g/mol. The van der Waals surface area contributed by atoms with Crippen molar-refractivity contribution in [2.75, 3.05) is 45.5 Å². The minimum absolute atomic E-state index is 0.148. The number of aryl methyl sites for hydroxylation is 1. The number of amides is 1. The van der Waals surface area contributed by atoms with Gasteiger partial charge in [-0.1, -0.05) is 6.42 Å².